The minimum atomic E-state index is -0.467. The zero-order valence-corrected chi connectivity index (χ0v) is 23.6. The van der Waals surface area contributed by atoms with Crippen LogP contribution in [0.15, 0.2) is 59.6 Å². The lowest BCUT2D eigenvalue weighted by atomic mass is 10.1. The molecule has 37 heavy (non-hydrogen) atoms. The maximum atomic E-state index is 12.7. The van der Waals surface area contributed by atoms with Gasteiger partial charge < -0.3 is 10.1 Å². The molecule has 0 saturated carbocycles. The normalized spacial score (nSPS) is 11.8. The van der Waals surface area contributed by atoms with E-state index in [1.54, 1.807) is 24.3 Å². The summed E-state index contributed by atoms with van der Waals surface area (Å²) in [6, 6.07) is 11.2. The second-order valence-electron chi connectivity index (χ2n) is 8.25. The molecule has 0 aliphatic heterocycles. The fourth-order valence-corrected chi connectivity index (χ4v) is 5.28. The van der Waals surface area contributed by atoms with Crippen molar-refractivity contribution in [1.29, 1.82) is 0 Å². The summed E-state index contributed by atoms with van der Waals surface area (Å²) < 4.78 is 7.86. The Morgan fingerprint density at radius 2 is 2.03 bits per heavy atom. The van der Waals surface area contributed by atoms with Crippen LogP contribution in [-0.4, -0.2) is 31.4 Å². The quantitative estimate of drug-likeness (QED) is 0.157. The summed E-state index contributed by atoms with van der Waals surface area (Å²) in [5.41, 5.74) is 4.28. The number of ether oxygens (including phenoxy) is 1. The number of thioether (sulfide) groups is 1. The number of aryl methyl sites for hydroxylation is 2. The molecule has 1 atom stereocenters. The van der Waals surface area contributed by atoms with Crippen LogP contribution < -0.4 is 10.1 Å². The zero-order chi connectivity index (χ0) is 26.5. The molecule has 0 saturated heterocycles. The molecule has 1 N–H and O–H groups in total. The van der Waals surface area contributed by atoms with Gasteiger partial charge in [0.05, 0.1) is 16.5 Å². The zero-order valence-electron chi connectivity index (χ0n) is 20.5. The van der Waals surface area contributed by atoms with Gasteiger partial charge in [-0.25, -0.2) is 4.98 Å². The number of benzene rings is 2. The smallest absolute Gasteiger partial charge is 0.236 e. The van der Waals surface area contributed by atoms with Crippen LogP contribution in [-0.2, 0) is 11.3 Å². The molecule has 2 heterocycles. The number of anilines is 1. The summed E-state index contributed by atoms with van der Waals surface area (Å²) in [6.45, 7) is 10.3. The Kier molecular flexibility index (Phi) is 8.91. The molecule has 1 unspecified atom stereocenters. The van der Waals surface area contributed by atoms with Crippen LogP contribution in [0.4, 0.5) is 5.13 Å². The highest BCUT2D eigenvalue weighted by Gasteiger charge is 2.21. The van der Waals surface area contributed by atoms with E-state index in [9.17, 15) is 4.79 Å². The van der Waals surface area contributed by atoms with Gasteiger partial charge in [0.1, 0.15) is 5.75 Å². The van der Waals surface area contributed by atoms with Crippen molar-refractivity contribution >= 4 is 57.3 Å². The van der Waals surface area contributed by atoms with Crippen LogP contribution in [0.3, 0.4) is 0 Å². The van der Waals surface area contributed by atoms with Gasteiger partial charge in [0.15, 0.2) is 22.2 Å². The van der Waals surface area contributed by atoms with E-state index in [1.165, 1.54) is 34.2 Å². The van der Waals surface area contributed by atoms with E-state index in [4.69, 9.17) is 27.9 Å². The van der Waals surface area contributed by atoms with Crippen molar-refractivity contribution in [2.75, 3.05) is 11.1 Å². The van der Waals surface area contributed by atoms with Gasteiger partial charge in [-0.05, 0) is 50.1 Å². The van der Waals surface area contributed by atoms with E-state index in [2.05, 4.69) is 53.1 Å². The fraction of sp³-hybridized carbons (Fsp3) is 0.231. The minimum Gasteiger partial charge on any atom is -0.481 e. The number of hydrogen-bond acceptors (Lipinski definition) is 7. The van der Waals surface area contributed by atoms with E-state index in [0.29, 0.717) is 38.5 Å². The summed E-state index contributed by atoms with van der Waals surface area (Å²) >= 11 is 15.0. The molecule has 0 bridgehead atoms. The first-order valence-electron chi connectivity index (χ1n) is 11.4. The number of nitrogens with one attached hydrogen (secondary N) is 1. The number of carbonyl (C=O) groups is 1. The first-order chi connectivity index (χ1) is 17.7. The average Bonchev–Trinajstić information content (AvgIpc) is 3.49. The Bertz CT molecular complexity index is 1440. The molecule has 2 aromatic heterocycles. The predicted octanol–water partition coefficient (Wildman–Crippen LogP) is 7.38. The topological polar surface area (TPSA) is 81.9 Å². The maximum Gasteiger partial charge on any atom is 0.236 e. The third-order valence-corrected chi connectivity index (χ3v) is 7.78. The van der Waals surface area contributed by atoms with Crippen molar-refractivity contribution in [2.24, 2.45) is 0 Å². The highest BCUT2D eigenvalue weighted by Crippen LogP contribution is 2.32. The summed E-state index contributed by atoms with van der Waals surface area (Å²) in [7, 11) is 0. The van der Waals surface area contributed by atoms with Gasteiger partial charge in [0.25, 0.3) is 0 Å². The first-order valence-corrected chi connectivity index (χ1v) is 14.0. The van der Waals surface area contributed by atoms with Gasteiger partial charge >= 0.3 is 0 Å². The highest BCUT2D eigenvalue weighted by molar-refractivity contribution is 7.99. The second kappa shape index (κ2) is 12.1. The summed E-state index contributed by atoms with van der Waals surface area (Å²) in [6.07, 6.45) is 1.27. The van der Waals surface area contributed by atoms with E-state index in [-0.39, 0.29) is 11.7 Å². The molecule has 2 aromatic carbocycles. The SMILES string of the molecule is C=CCn1c(SCC(=O)Nc2nc(-c3ccc(C)c(C)c3)cs2)nnc1C(C)Oc1cc(Cl)ccc1Cl. The maximum absolute atomic E-state index is 12.7. The van der Waals surface area contributed by atoms with Crippen molar-refractivity contribution in [2.45, 2.75) is 38.6 Å². The third-order valence-electron chi connectivity index (χ3n) is 5.50. The van der Waals surface area contributed by atoms with Gasteiger partial charge in [-0.15, -0.1) is 28.1 Å². The highest BCUT2D eigenvalue weighted by atomic mass is 35.5. The molecule has 0 aliphatic carbocycles. The van der Waals surface area contributed by atoms with Gasteiger partial charge in [0, 0.05) is 28.6 Å². The summed E-state index contributed by atoms with van der Waals surface area (Å²) in [5.74, 6) is 0.989. The minimum absolute atomic E-state index is 0.142. The van der Waals surface area contributed by atoms with E-state index in [1.807, 2.05) is 22.9 Å². The lowest BCUT2D eigenvalue weighted by Crippen LogP contribution is -2.15. The second-order valence-corrected chi connectivity index (χ2v) is 10.9. The van der Waals surface area contributed by atoms with Gasteiger partial charge in [-0.3, -0.25) is 9.36 Å². The number of halogens is 2. The molecule has 4 rings (SSSR count). The molecular formula is C26H25Cl2N5O2S2. The number of allylic oxidation sites excluding steroid dienone is 1. The number of rotatable bonds is 10. The monoisotopic (exact) mass is 573 g/mol. The van der Waals surface area contributed by atoms with Crippen LogP contribution >= 0.6 is 46.3 Å². The molecule has 4 aromatic rings. The molecule has 0 spiro atoms. The number of hydrogen-bond donors (Lipinski definition) is 1. The van der Waals surface area contributed by atoms with Crippen molar-refractivity contribution in [3.05, 3.63) is 81.4 Å². The van der Waals surface area contributed by atoms with E-state index in [0.717, 1.165) is 11.3 Å². The van der Waals surface area contributed by atoms with Gasteiger partial charge in [0.2, 0.25) is 5.91 Å². The molecule has 0 radical (unpaired) electrons. The Morgan fingerprint density at radius 1 is 1.22 bits per heavy atom. The number of thiazole rings is 1. The number of amides is 1. The fourth-order valence-electron chi connectivity index (χ4n) is 3.47. The Labute approximate surface area is 233 Å². The number of carbonyl (C=O) groups excluding carboxylic acids is 1. The standard InChI is InChI=1S/C26H25Cl2N5O2S2/c1-5-10-33-24(17(4)35-22-12-19(27)8-9-20(22)28)31-32-26(33)37-14-23(34)30-25-29-21(13-36-25)18-7-6-15(2)16(3)11-18/h5-9,11-13,17H,1,10,14H2,2-4H3,(H,29,30,34). The van der Waals surface area contributed by atoms with Crippen molar-refractivity contribution in [3.63, 3.8) is 0 Å². The van der Waals surface area contributed by atoms with E-state index < -0.39 is 6.10 Å². The molecule has 7 nitrogen and oxygen atoms in total. The van der Waals surface area contributed by atoms with Crippen molar-refractivity contribution in [3.8, 4) is 17.0 Å². The van der Waals surface area contributed by atoms with Crippen LogP contribution in [0, 0.1) is 13.8 Å². The Morgan fingerprint density at radius 3 is 2.78 bits per heavy atom. The lowest BCUT2D eigenvalue weighted by Gasteiger charge is -2.16. The Balaban J connectivity index is 1.40. The van der Waals surface area contributed by atoms with Crippen LogP contribution in [0.1, 0.15) is 30.0 Å². The molecule has 192 valence electrons. The largest absolute Gasteiger partial charge is 0.481 e. The summed E-state index contributed by atoms with van der Waals surface area (Å²) in [4.78, 5) is 17.2. The molecule has 1 amide bonds. The molecule has 0 aliphatic rings. The van der Waals surface area contributed by atoms with E-state index >= 15 is 0 Å². The van der Waals surface area contributed by atoms with Crippen LogP contribution in [0.2, 0.25) is 10.0 Å². The lowest BCUT2D eigenvalue weighted by molar-refractivity contribution is -0.113. The first kappa shape index (κ1) is 27.2. The molecular weight excluding hydrogens is 549 g/mol. The molecule has 0 fully saturated rings. The average molecular weight is 575 g/mol. The number of nitrogens with zero attached hydrogens (tertiary/aromatic N) is 4. The Hall–Kier alpha value is -2.85. The summed E-state index contributed by atoms with van der Waals surface area (Å²) in [5, 5.41) is 15.5. The third kappa shape index (κ3) is 6.73. The molecule has 11 heteroatoms. The van der Waals surface area contributed by atoms with Crippen LogP contribution in [0.25, 0.3) is 11.3 Å². The van der Waals surface area contributed by atoms with Crippen molar-refractivity contribution < 1.29 is 9.53 Å². The van der Waals surface area contributed by atoms with Crippen LogP contribution in [0.5, 0.6) is 5.75 Å². The number of aromatic nitrogens is 4. The predicted molar refractivity (Wildman–Crippen MR) is 152 cm³/mol. The van der Waals surface area contributed by atoms with Gasteiger partial charge in [-0.1, -0.05) is 53.2 Å². The van der Waals surface area contributed by atoms with Crippen molar-refractivity contribution in [1.82, 2.24) is 19.7 Å². The van der Waals surface area contributed by atoms with Gasteiger partial charge in [-0.2, -0.15) is 0 Å².